The molecule has 3 atom stereocenters. The molecule has 0 spiro atoms. The van der Waals surface area contributed by atoms with Gasteiger partial charge in [0.2, 0.25) is 0 Å². The Kier molecular flexibility index (Phi) is 8.92. The van der Waals surface area contributed by atoms with Crippen LogP contribution in [0.5, 0.6) is 0 Å². The summed E-state index contributed by atoms with van der Waals surface area (Å²) in [6, 6.07) is 0. The molecule has 10 heteroatoms. The van der Waals surface area contributed by atoms with E-state index >= 15 is 0 Å². The van der Waals surface area contributed by atoms with Crippen LogP contribution < -0.4 is 0 Å². The molecule has 0 nitrogen and oxygen atoms in total. The molecule has 0 bridgehead atoms. The SMILES string of the molecule is C1CSS[S][Sb]([S]C2CCS2)[C](SC2CCS2)(SC2CCS2)C1. The van der Waals surface area contributed by atoms with E-state index in [9.17, 15) is 0 Å². The molecule has 0 aromatic heterocycles. The van der Waals surface area contributed by atoms with Gasteiger partial charge in [0.25, 0.3) is 0 Å². The first kappa shape index (κ1) is 20.2. The van der Waals surface area contributed by atoms with Crippen LogP contribution in [0, 0.1) is 0 Å². The molecule has 0 aromatic rings. The monoisotopic (exact) mass is 586 g/mol. The Bertz CT molecular complexity index is 370. The molecule has 4 rings (SSSR count). The van der Waals surface area contributed by atoms with Crippen LogP contribution in [-0.4, -0.2) is 56.2 Å². The topological polar surface area (TPSA) is 0 Å². The molecule has 4 heterocycles. The van der Waals surface area contributed by atoms with Gasteiger partial charge in [-0.15, -0.1) is 0 Å². The maximum atomic E-state index is 2.50. The number of hydrogen-bond donors (Lipinski definition) is 0. The number of rotatable bonds is 6. The van der Waals surface area contributed by atoms with Crippen LogP contribution in [0.1, 0.15) is 32.1 Å². The minimum atomic E-state index is -1.42. The van der Waals surface area contributed by atoms with Crippen molar-refractivity contribution in [2.75, 3.05) is 23.0 Å². The van der Waals surface area contributed by atoms with Crippen molar-refractivity contribution in [3.8, 4) is 0 Å². The van der Waals surface area contributed by atoms with Crippen molar-refractivity contribution in [1.29, 1.82) is 0 Å². The third-order valence-electron chi connectivity index (χ3n) is 3.96. The van der Waals surface area contributed by atoms with Crippen molar-refractivity contribution < 1.29 is 0 Å². The zero-order valence-corrected chi connectivity index (χ0v) is 22.6. The van der Waals surface area contributed by atoms with Gasteiger partial charge < -0.3 is 0 Å². The third-order valence-corrected chi connectivity index (χ3v) is 48.6. The fraction of sp³-hybridized carbons (Fsp3) is 1.00. The first-order chi connectivity index (χ1) is 11.3. The van der Waals surface area contributed by atoms with E-state index in [1.165, 1.54) is 55.1 Å². The Morgan fingerprint density at radius 3 is 1.96 bits per heavy atom. The molecule has 4 aliphatic heterocycles. The average molecular weight is 588 g/mol. The van der Waals surface area contributed by atoms with Gasteiger partial charge in [0.15, 0.2) is 0 Å². The summed E-state index contributed by atoms with van der Waals surface area (Å²) >= 11 is 10.2. The minimum absolute atomic E-state index is 0.637. The standard InChI is InChI=1S/C10H17S7.C3H6S2.Sb/c11-17-14-5-1-2-10(15-8-3-6-12-8)16-9-4-7-13-9;4-3-1-2-5-3;/h8-9,11H,1-7H2;3-4H,1-2H2;/q;;+2/p-2. The maximum absolute atomic E-state index is 2.50. The molecule has 0 amide bonds. The Balaban J connectivity index is 1.51. The molecule has 4 aliphatic rings. The van der Waals surface area contributed by atoms with E-state index in [0.29, 0.717) is 2.03 Å². The quantitative estimate of drug-likeness (QED) is 0.179. The van der Waals surface area contributed by atoms with Crippen LogP contribution >= 0.6 is 96.2 Å². The van der Waals surface area contributed by atoms with Gasteiger partial charge in [0.05, 0.1) is 0 Å². The predicted molar refractivity (Wildman–Crippen MR) is 131 cm³/mol. The molecule has 23 heavy (non-hydrogen) atoms. The summed E-state index contributed by atoms with van der Waals surface area (Å²) in [5.74, 6) is 5.62. The summed E-state index contributed by atoms with van der Waals surface area (Å²) in [6.07, 6.45) is 7.38. The van der Waals surface area contributed by atoms with Crippen molar-refractivity contribution in [3.63, 3.8) is 0 Å². The molecule has 0 N–H and O–H groups in total. The number of hydrogen-bond acceptors (Lipinski definition) is 9. The van der Waals surface area contributed by atoms with Crippen LogP contribution in [0.25, 0.3) is 0 Å². The van der Waals surface area contributed by atoms with Crippen molar-refractivity contribution in [2.24, 2.45) is 0 Å². The molecule has 4 fully saturated rings. The van der Waals surface area contributed by atoms with E-state index < -0.39 is 17.4 Å². The van der Waals surface area contributed by atoms with Crippen LogP contribution in [0.3, 0.4) is 0 Å². The average Bonchev–Trinajstić information content (AvgIpc) is 2.39. The second-order valence-corrected chi connectivity index (χ2v) is 35.8. The van der Waals surface area contributed by atoms with Gasteiger partial charge in [0, 0.05) is 0 Å². The Morgan fingerprint density at radius 2 is 1.43 bits per heavy atom. The fourth-order valence-electron chi connectivity index (χ4n) is 2.34. The summed E-state index contributed by atoms with van der Waals surface area (Å²) in [7, 11) is 9.20. The van der Waals surface area contributed by atoms with Crippen LogP contribution in [0.2, 0.25) is 0 Å². The van der Waals surface area contributed by atoms with E-state index in [-0.39, 0.29) is 0 Å². The molecule has 0 aliphatic carbocycles. The van der Waals surface area contributed by atoms with Crippen molar-refractivity contribution in [1.82, 2.24) is 0 Å². The van der Waals surface area contributed by atoms with E-state index in [0.717, 1.165) is 13.7 Å². The predicted octanol–water partition coefficient (Wildman–Crippen LogP) is 7.12. The summed E-state index contributed by atoms with van der Waals surface area (Å²) in [4.78, 5) is 0. The van der Waals surface area contributed by atoms with E-state index in [1.807, 2.05) is 0 Å². The second kappa shape index (κ2) is 10.1. The van der Waals surface area contributed by atoms with Gasteiger partial charge in [-0.3, -0.25) is 0 Å². The van der Waals surface area contributed by atoms with Gasteiger partial charge in [0.1, 0.15) is 0 Å². The van der Waals surface area contributed by atoms with Crippen LogP contribution in [-0.2, 0) is 0 Å². The van der Waals surface area contributed by atoms with Gasteiger partial charge in [-0.25, -0.2) is 0 Å². The van der Waals surface area contributed by atoms with Gasteiger partial charge in [-0.1, -0.05) is 0 Å². The van der Waals surface area contributed by atoms with Crippen molar-refractivity contribution in [2.45, 2.75) is 47.9 Å². The van der Waals surface area contributed by atoms with Gasteiger partial charge in [-0.05, 0) is 0 Å². The molecular formula is C13H21S9Sb. The molecular weight excluding hydrogens is 567 g/mol. The molecule has 0 radical (unpaired) electrons. The Morgan fingerprint density at radius 1 is 0.826 bits per heavy atom. The summed E-state index contributed by atoms with van der Waals surface area (Å²) in [6.45, 7) is 0. The summed E-state index contributed by atoms with van der Waals surface area (Å²) in [5, 5.41) is 0. The van der Waals surface area contributed by atoms with Gasteiger partial charge >= 0.3 is 184 Å². The Hall–Kier alpha value is 3.97. The van der Waals surface area contributed by atoms with E-state index in [4.69, 9.17) is 0 Å². The molecule has 4 saturated heterocycles. The van der Waals surface area contributed by atoms with E-state index in [1.54, 1.807) is 0 Å². The first-order valence-corrected chi connectivity index (χ1v) is 24.9. The molecule has 0 saturated carbocycles. The molecule has 132 valence electrons. The zero-order chi connectivity index (χ0) is 15.5. The van der Waals surface area contributed by atoms with Crippen LogP contribution in [0.4, 0.5) is 0 Å². The van der Waals surface area contributed by atoms with Crippen molar-refractivity contribution >= 4 is 114 Å². The van der Waals surface area contributed by atoms with Gasteiger partial charge in [-0.2, -0.15) is 0 Å². The zero-order valence-electron chi connectivity index (χ0n) is 12.7. The first-order valence-electron chi connectivity index (χ1n) is 7.98. The van der Waals surface area contributed by atoms with E-state index in [2.05, 4.69) is 96.2 Å². The normalized spacial score (nSPS) is 42.0. The van der Waals surface area contributed by atoms with Crippen molar-refractivity contribution in [3.05, 3.63) is 0 Å². The summed E-state index contributed by atoms with van der Waals surface area (Å²) in [5.41, 5.74) is 0. The second-order valence-electron chi connectivity index (χ2n) is 5.65. The number of thioether (sulfide) groups is 5. The molecule has 3 unspecified atom stereocenters. The van der Waals surface area contributed by atoms with Crippen LogP contribution in [0.15, 0.2) is 0 Å². The fourth-order valence-corrected chi connectivity index (χ4v) is 58.6. The summed E-state index contributed by atoms with van der Waals surface area (Å²) < 4.78 is 3.44. The molecule has 0 aromatic carbocycles. The third kappa shape index (κ3) is 5.52. The Labute approximate surface area is 182 Å².